The van der Waals surface area contributed by atoms with Crippen LogP contribution < -0.4 is 9.47 Å². The van der Waals surface area contributed by atoms with E-state index in [4.69, 9.17) is 9.47 Å². The minimum atomic E-state index is -4.53. The number of nitrogens with zero attached hydrogens (tertiary/aromatic N) is 3. The molecule has 0 radical (unpaired) electrons. The van der Waals surface area contributed by atoms with E-state index in [2.05, 4.69) is 9.97 Å². The van der Waals surface area contributed by atoms with Crippen LogP contribution in [0.4, 0.5) is 13.2 Å². The summed E-state index contributed by atoms with van der Waals surface area (Å²) in [5.41, 5.74) is -0.902. The Morgan fingerprint density at radius 1 is 1.11 bits per heavy atom. The highest BCUT2D eigenvalue weighted by Gasteiger charge is 2.34. The Morgan fingerprint density at radius 2 is 1.75 bits per heavy atom. The first-order valence-corrected chi connectivity index (χ1v) is 9.85. The predicted octanol–water partition coefficient (Wildman–Crippen LogP) is 2.74. The van der Waals surface area contributed by atoms with Crippen molar-refractivity contribution >= 4 is 10.0 Å². The van der Waals surface area contributed by atoms with Crippen molar-refractivity contribution in [3.63, 3.8) is 0 Å². The van der Waals surface area contributed by atoms with Gasteiger partial charge in [0.05, 0.1) is 24.1 Å². The van der Waals surface area contributed by atoms with Crippen LogP contribution >= 0.6 is 0 Å². The van der Waals surface area contributed by atoms with Crippen LogP contribution in [0.25, 0.3) is 0 Å². The zero-order valence-corrected chi connectivity index (χ0v) is 15.7. The molecule has 0 aliphatic carbocycles. The summed E-state index contributed by atoms with van der Waals surface area (Å²) in [6.45, 7) is 0.296. The van der Waals surface area contributed by atoms with Crippen molar-refractivity contribution in [3.8, 4) is 11.8 Å². The van der Waals surface area contributed by atoms with Crippen LogP contribution in [0, 0.1) is 0 Å². The van der Waals surface area contributed by atoms with Crippen LogP contribution in [0.2, 0.25) is 0 Å². The third-order valence-corrected chi connectivity index (χ3v) is 6.14. The van der Waals surface area contributed by atoms with Crippen LogP contribution in [0.15, 0.2) is 41.6 Å². The van der Waals surface area contributed by atoms with Crippen LogP contribution in [0.1, 0.15) is 18.4 Å². The standard InChI is InChI=1S/C17H18F3N3O4S/c1-26-15-16(22-9-8-21-15)27-13-3-2-10-23(11-13)28(24,25)14-6-4-12(5-7-14)17(18,19)20/h4-9,13H,2-3,10-11H2,1H3. The number of ether oxygens (including phenoxy) is 2. The maximum atomic E-state index is 12.8. The van der Waals surface area contributed by atoms with Crippen molar-refractivity contribution < 1.29 is 31.1 Å². The predicted molar refractivity (Wildman–Crippen MR) is 92.4 cm³/mol. The van der Waals surface area contributed by atoms with Gasteiger partial charge in [0.25, 0.3) is 11.8 Å². The molecule has 1 saturated heterocycles. The molecule has 1 aliphatic heterocycles. The molecule has 0 saturated carbocycles. The van der Waals surface area contributed by atoms with E-state index >= 15 is 0 Å². The van der Waals surface area contributed by atoms with Gasteiger partial charge in [0.2, 0.25) is 10.0 Å². The highest BCUT2D eigenvalue weighted by Crippen LogP contribution is 2.31. The van der Waals surface area contributed by atoms with Gasteiger partial charge in [-0.2, -0.15) is 17.5 Å². The van der Waals surface area contributed by atoms with Gasteiger partial charge in [-0.3, -0.25) is 0 Å². The fourth-order valence-electron chi connectivity index (χ4n) is 2.88. The molecule has 3 rings (SSSR count). The summed E-state index contributed by atoms with van der Waals surface area (Å²) in [6.07, 6.45) is -1.01. The molecule has 1 atom stereocenters. The Hall–Kier alpha value is -2.40. The number of alkyl halides is 3. The summed E-state index contributed by atoms with van der Waals surface area (Å²) < 4.78 is 75.7. The van der Waals surface area contributed by atoms with Gasteiger partial charge in [-0.1, -0.05) is 0 Å². The second-order valence-electron chi connectivity index (χ2n) is 6.14. The molecule has 11 heteroatoms. The van der Waals surface area contributed by atoms with Crippen LogP contribution in [0.5, 0.6) is 11.8 Å². The largest absolute Gasteiger partial charge is 0.477 e. The SMILES string of the molecule is COc1nccnc1OC1CCCN(S(=O)(=O)c2ccc(C(F)(F)F)cc2)C1. The molecular formula is C17H18F3N3O4S. The first-order chi connectivity index (χ1) is 13.2. The molecule has 2 heterocycles. The van der Waals surface area contributed by atoms with Crippen molar-refractivity contribution in [3.05, 3.63) is 42.2 Å². The van der Waals surface area contributed by atoms with Gasteiger partial charge in [-0.25, -0.2) is 18.4 Å². The lowest BCUT2D eigenvalue weighted by Gasteiger charge is -2.31. The second-order valence-corrected chi connectivity index (χ2v) is 8.08. The second kappa shape index (κ2) is 7.92. The lowest BCUT2D eigenvalue weighted by atomic mass is 10.1. The van der Waals surface area contributed by atoms with Gasteiger partial charge in [-0.15, -0.1) is 0 Å². The Balaban J connectivity index is 1.75. The fraction of sp³-hybridized carbons (Fsp3) is 0.412. The molecule has 0 spiro atoms. The lowest BCUT2D eigenvalue weighted by Crippen LogP contribution is -2.44. The van der Waals surface area contributed by atoms with E-state index in [1.54, 1.807) is 0 Å². The van der Waals surface area contributed by atoms with Gasteiger partial charge in [0.1, 0.15) is 6.10 Å². The van der Waals surface area contributed by atoms with Gasteiger partial charge < -0.3 is 9.47 Å². The Bertz CT molecular complexity index is 920. The van der Waals surface area contributed by atoms with Crippen molar-refractivity contribution in [2.45, 2.75) is 30.0 Å². The maximum absolute atomic E-state index is 12.8. The average Bonchev–Trinajstić information content (AvgIpc) is 2.68. The first kappa shape index (κ1) is 20.3. The topological polar surface area (TPSA) is 81.6 Å². The van der Waals surface area contributed by atoms with Crippen LogP contribution in [-0.4, -0.2) is 49.0 Å². The minimum absolute atomic E-state index is 0.0447. The van der Waals surface area contributed by atoms with Crippen molar-refractivity contribution in [2.75, 3.05) is 20.2 Å². The Kier molecular flexibility index (Phi) is 5.75. The molecule has 0 amide bonds. The summed E-state index contributed by atoms with van der Waals surface area (Å²) in [6, 6.07) is 3.45. The Labute approximate surface area is 160 Å². The van der Waals surface area contributed by atoms with E-state index in [1.807, 2.05) is 0 Å². The third kappa shape index (κ3) is 4.36. The van der Waals surface area contributed by atoms with Gasteiger partial charge >= 0.3 is 6.18 Å². The zero-order chi connectivity index (χ0) is 20.4. The molecule has 2 aromatic rings. The summed E-state index contributed by atoms with van der Waals surface area (Å²) >= 11 is 0. The summed E-state index contributed by atoms with van der Waals surface area (Å²) in [7, 11) is -2.53. The van der Waals surface area contributed by atoms with Crippen LogP contribution in [-0.2, 0) is 16.2 Å². The number of rotatable bonds is 5. The minimum Gasteiger partial charge on any atom is -0.477 e. The van der Waals surface area contributed by atoms with Crippen molar-refractivity contribution in [2.24, 2.45) is 0 Å². The fourth-order valence-corrected chi connectivity index (χ4v) is 4.39. The smallest absolute Gasteiger partial charge is 0.416 e. The van der Waals surface area contributed by atoms with E-state index in [1.165, 1.54) is 23.8 Å². The molecule has 1 aromatic carbocycles. The molecule has 1 unspecified atom stereocenters. The van der Waals surface area contributed by atoms with Gasteiger partial charge in [0, 0.05) is 18.9 Å². The number of methoxy groups -OCH3 is 1. The summed E-state index contributed by atoms with van der Waals surface area (Å²) in [5.74, 6) is 0.342. The normalized spacial score (nSPS) is 18.6. The molecule has 1 aliphatic rings. The van der Waals surface area contributed by atoms with Crippen molar-refractivity contribution in [1.82, 2.24) is 14.3 Å². The summed E-state index contributed by atoms with van der Waals surface area (Å²) in [4.78, 5) is 7.81. The molecule has 152 valence electrons. The molecular weight excluding hydrogens is 399 g/mol. The van der Waals surface area contributed by atoms with Crippen molar-refractivity contribution in [1.29, 1.82) is 0 Å². The molecule has 28 heavy (non-hydrogen) atoms. The van der Waals surface area contributed by atoms with E-state index < -0.39 is 27.9 Å². The molecule has 7 nitrogen and oxygen atoms in total. The number of hydrogen-bond acceptors (Lipinski definition) is 6. The quantitative estimate of drug-likeness (QED) is 0.744. The number of aromatic nitrogens is 2. The van der Waals surface area contributed by atoms with E-state index in [9.17, 15) is 21.6 Å². The number of piperidine rings is 1. The number of halogens is 3. The van der Waals surface area contributed by atoms with Gasteiger partial charge in [-0.05, 0) is 37.1 Å². The Morgan fingerprint density at radius 3 is 2.36 bits per heavy atom. The summed E-state index contributed by atoms with van der Waals surface area (Å²) in [5, 5.41) is 0. The molecule has 0 N–H and O–H groups in total. The van der Waals surface area contributed by atoms with Crippen LogP contribution in [0.3, 0.4) is 0 Å². The highest BCUT2D eigenvalue weighted by molar-refractivity contribution is 7.89. The number of benzene rings is 1. The van der Waals surface area contributed by atoms with Gasteiger partial charge in [0.15, 0.2) is 0 Å². The average molecular weight is 417 g/mol. The molecule has 1 aromatic heterocycles. The van der Waals surface area contributed by atoms with E-state index in [-0.39, 0.29) is 29.7 Å². The monoisotopic (exact) mass is 417 g/mol. The van der Waals surface area contributed by atoms with E-state index in [0.717, 1.165) is 24.3 Å². The molecule has 1 fully saturated rings. The zero-order valence-electron chi connectivity index (χ0n) is 14.9. The third-order valence-electron chi connectivity index (χ3n) is 4.27. The highest BCUT2D eigenvalue weighted by atomic mass is 32.2. The first-order valence-electron chi connectivity index (χ1n) is 8.41. The molecule has 0 bridgehead atoms. The maximum Gasteiger partial charge on any atom is 0.416 e. The number of hydrogen-bond donors (Lipinski definition) is 0. The lowest BCUT2D eigenvalue weighted by molar-refractivity contribution is -0.137. The number of sulfonamides is 1. The van der Waals surface area contributed by atoms with E-state index in [0.29, 0.717) is 12.8 Å².